The highest BCUT2D eigenvalue weighted by Crippen LogP contribution is 2.48. The zero-order valence-corrected chi connectivity index (χ0v) is 18.8. The van der Waals surface area contributed by atoms with Gasteiger partial charge in [-0.05, 0) is 41.9 Å². The largest absolute Gasteiger partial charge is 0.446 e. The van der Waals surface area contributed by atoms with Crippen molar-refractivity contribution in [2.75, 3.05) is 13.1 Å². The second kappa shape index (κ2) is 8.21. The minimum atomic E-state index is -0.784. The van der Waals surface area contributed by atoms with Crippen molar-refractivity contribution in [2.45, 2.75) is 51.3 Å². The standard InChI is InChI=1S/C27H30N2O3/c1-18(2)15-27(21-10-4-3-5-11-21)23-17-29(13-12-22(23)26(31)32-27)25(30)24-14-19-8-6-7-9-20(19)16-28-24/h3-11,18,24,28H,12-17H2,1-2H3/t24-,27?/m1/s1. The molecule has 3 aliphatic heterocycles. The molecule has 166 valence electrons. The van der Waals surface area contributed by atoms with Crippen LogP contribution >= 0.6 is 0 Å². The maximum atomic E-state index is 13.5. The van der Waals surface area contributed by atoms with E-state index in [1.54, 1.807) is 0 Å². The van der Waals surface area contributed by atoms with Crippen LogP contribution in [0.1, 0.15) is 43.4 Å². The molecule has 2 aromatic carbocycles. The third-order valence-electron chi connectivity index (χ3n) is 6.97. The van der Waals surface area contributed by atoms with E-state index in [0.29, 0.717) is 44.8 Å². The molecule has 0 aromatic heterocycles. The average molecular weight is 431 g/mol. The van der Waals surface area contributed by atoms with Gasteiger partial charge in [-0.1, -0.05) is 68.4 Å². The normalized spacial score (nSPS) is 24.9. The van der Waals surface area contributed by atoms with Gasteiger partial charge >= 0.3 is 5.97 Å². The molecule has 32 heavy (non-hydrogen) atoms. The Bertz CT molecular complexity index is 1080. The van der Waals surface area contributed by atoms with Crippen LogP contribution in [0.4, 0.5) is 0 Å². The molecule has 1 N–H and O–H groups in total. The zero-order chi connectivity index (χ0) is 22.3. The van der Waals surface area contributed by atoms with E-state index in [4.69, 9.17) is 4.74 Å². The van der Waals surface area contributed by atoms with Gasteiger partial charge in [-0.15, -0.1) is 0 Å². The van der Waals surface area contributed by atoms with Gasteiger partial charge in [0, 0.05) is 30.8 Å². The number of cyclic esters (lactones) is 1. The van der Waals surface area contributed by atoms with E-state index < -0.39 is 5.60 Å². The first-order chi connectivity index (χ1) is 15.5. The average Bonchev–Trinajstić information content (AvgIpc) is 3.10. The maximum Gasteiger partial charge on any atom is 0.335 e. The number of carbonyl (C=O) groups is 2. The quantitative estimate of drug-likeness (QED) is 0.751. The first kappa shape index (κ1) is 21.0. The van der Waals surface area contributed by atoms with Crippen LogP contribution in [-0.2, 0) is 32.9 Å². The highest BCUT2D eigenvalue weighted by Gasteiger charge is 2.51. The van der Waals surface area contributed by atoms with E-state index in [9.17, 15) is 9.59 Å². The molecule has 2 aromatic rings. The van der Waals surface area contributed by atoms with Gasteiger partial charge in [0.05, 0.1) is 6.04 Å². The molecule has 1 unspecified atom stereocenters. The lowest BCUT2D eigenvalue weighted by Gasteiger charge is -2.38. The molecule has 0 radical (unpaired) electrons. The number of rotatable bonds is 4. The van der Waals surface area contributed by atoms with Crippen molar-refractivity contribution in [3.05, 3.63) is 82.4 Å². The van der Waals surface area contributed by atoms with Gasteiger partial charge in [-0.3, -0.25) is 4.79 Å². The van der Waals surface area contributed by atoms with E-state index in [-0.39, 0.29) is 17.9 Å². The molecule has 0 aliphatic carbocycles. The number of nitrogens with one attached hydrogen (secondary N) is 1. The fourth-order valence-corrected chi connectivity index (χ4v) is 5.48. The van der Waals surface area contributed by atoms with E-state index in [1.165, 1.54) is 11.1 Å². The third-order valence-corrected chi connectivity index (χ3v) is 6.97. The second-order valence-corrected chi connectivity index (χ2v) is 9.55. The van der Waals surface area contributed by atoms with Crippen LogP contribution in [0, 0.1) is 5.92 Å². The van der Waals surface area contributed by atoms with Crippen LogP contribution in [0.15, 0.2) is 65.7 Å². The molecular formula is C27H30N2O3. The Morgan fingerprint density at radius 1 is 1.12 bits per heavy atom. The van der Waals surface area contributed by atoms with Crippen molar-refractivity contribution in [3.8, 4) is 0 Å². The lowest BCUT2D eigenvalue weighted by molar-refractivity contribution is -0.149. The summed E-state index contributed by atoms with van der Waals surface area (Å²) in [6.07, 6.45) is 1.96. The lowest BCUT2D eigenvalue weighted by Crippen LogP contribution is -2.52. The van der Waals surface area contributed by atoms with Gasteiger partial charge in [0.1, 0.15) is 0 Å². The molecule has 3 aliphatic rings. The molecule has 5 heteroatoms. The summed E-state index contributed by atoms with van der Waals surface area (Å²) < 4.78 is 6.15. The van der Waals surface area contributed by atoms with E-state index >= 15 is 0 Å². The Kier molecular flexibility index (Phi) is 5.38. The molecule has 0 saturated carbocycles. The summed E-state index contributed by atoms with van der Waals surface area (Å²) in [4.78, 5) is 28.3. The van der Waals surface area contributed by atoms with E-state index in [2.05, 4.69) is 31.3 Å². The van der Waals surface area contributed by atoms with Crippen LogP contribution in [0.2, 0.25) is 0 Å². The van der Waals surface area contributed by atoms with Crippen molar-refractivity contribution in [1.29, 1.82) is 0 Å². The summed E-state index contributed by atoms with van der Waals surface area (Å²) in [5, 5.41) is 3.42. The lowest BCUT2D eigenvalue weighted by atomic mass is 9.77. The first-order valence-electron chi connectivity index (χ1n) is 11.6. The number of benzene rings is 2. The number of esters is 1. The van der Waals surface area contributed by atoms with Crippen LogP contribution in [0.3, 0.4) is 0 Å². The number of hydrogen-bond acceptors (Lipinski definition) is 4. The predicted octanol–water partition coefficient (Wildman–Crippen LogP) is 3.73. The molecular weight excluding hydrogens is 400 g/mol. The summed E-state index contributed by atoms with van der Waals surface area (Å²) in [7, 11) is 0. The van der Waals surface area contributed by atoms with Crippen LogP contribution in [0.5, 0.6) is 0 Å². The topological polar surface area (TPSA) is 58.6 Å². The van der Waals surface area contributed by atoms with Gasteiger partial charge in [-0.2, -0.15) is 0 Å². The fourth-order valence-electron chi connectivity index (χ4n) is 5.48. The number of hydrogen-bond donors (Lipinski definition) is 1. The van der Waals surface area contributed by atoms with Gasteiger partial charge in [0.2, 0.25) is 5.91 Å². The number of nitrogens with zero attached hydrogens (tertiary/aromatic N) is 1. The highest BCUT2D eigenvalue weighted by molar-refractivity contribution is 5.94. The Morgan fingerprint density at radius 2 is 1.84 bits per heavy atom. The molecule has 5 rings (SSSR count). The van der Waals surface area contributed by atoms with Gasteiger partial charge < -0.3 is 15.0 Å². The summed E-state index contributed by atoms with van der Waals surface area (Å²) in [5.74, 6) is 0.218. The smallest absolute Gasteiger partial charge is 0.335 e. The highest BCUT2D eigenvalue weighted by atomic mass is 16.6. The number of fused-ring (bicyclic) bond motifs is 1. The Balaban J connectivity index is 1.44. The third kappa shape index (κ3) is 3.55. The zero-order valence-electron chi connectivity index (χ0n) is 18.8. The molecule has 0 bridgehead atoms. The molecule has 0 fully saturated rings. The van der Waals surface area contributed by atoms with Crippen molar-refractivity contribution < 1.29 is 14.3 Å². The summed E-state index contributed by atoms with van der Waals surface area (Å²) >= 11 is 0. The Labute approximate surface area is 189 Å². The monoisotopic (exact) mass is 430 g/mol. The van der Waals surface area contributed by atoms with Gasteiger partial charge in [0.15, 0.2) is 5.60 Å². The summed E-state index contributed by atoms with van der Waals surface area (Å²) in [6, 6.07) is 18.1. The molecule has 1 amide bonds. The minimum Gasteiger partial charge on any atom is -0.446 e. The SMILES string of the molecule is CC(C)CC1(c2ccccc2)OC(=O)C2=C1CN(C(=O)[C@H]1Cc3ccccc3CN1)CC2. The van der Waals surface area contributed by atoms with Gasteiger partial charge in [-0.25, -0.2) is 4.79 Å². The van der Waals surface area contributed by atoms with Crippen molar-refractivity contribution >= 4 is 11.9 Å². The minimum absolute atomic E-state index is 0.108. The molecule has 0 saturated heterocycles. The predicted molar refractivity (Wildman–Crippen MR) is 123 cm³/mol. The molecule has 5 nitrogen and oxygen atoms in total. The van der Waals surface area contributed by atoms with E-state index in [1.807, 2.05) is 47.4 Å². The van der Waals surface area contributed by atoms with Crippen LogP contribution in [-0.4, -0.2) is 35.9 Å². The first-order valence-corrected chi connectivity index (χ1v) is 11.6. The number of amides is 1. The van der Waals surface area contributed by atoms with Crippen molar-refractivity contribution in [2.24, 2.45) is 5.92 Å². The van der Waals surface area contributed by atoms with Gasteiger partial charge in [0.25, 0.3) is 0 Å². The van der Waals surface area contributed by atoms with Crippen molar-refractivity contribution in [1.82, 2.24) is 10.2 Å². The fraction of sp³-hybridized carbons (Fsp3) is 0.407. The Morgan fingerprint density at radius 3 is 2.59 bits per heavy atom. The number of ether oxygens (including phenoxy) is 1. The van der Waals surface area contributed by atoms with Crippen LogP contribution in [0.25, 0.3) is 0 Å². The van der Waals surface area contributed by atoms with Crippen LogP contribution < -0.4 is 5.32 Å². The number of carbonyl (C=O) groups excluding carboxylic acids is 2. The van der Waals surface area contributed by atoms with Crippen molar-refractivity contribution in [3.63, 3.8) is 0 Å². The second-order valence-electron chi connectivity index (χ2n) is 9.55. The molecule has 0 spiro atoms. The summed E-state index contributed by atoms with van der Waals surface area (Å²) in [5.41, 5.74) is 4.44. The van der Waals surface area contributed by atoms with E-state index in [0.717, 1.165) is 16.7 Å². The summed E-state index contributed by atoms with van der Waals surface area (Å²) in [6.45, 7) is 6.00. The maximum absolute atomic E-state index is 13.5. The Hall–Kier alpha value is -2.92. The molecule has 3 heterocycles. The molecule has 2 atom stereocenters.